The van der Waals surface area contributed by atoms with Gasteiger partial charge in [-0.15, -0.1) is 0 Å². The highest BCUT2D eigenvalue weighted by atomic mass is 15.3. The summed E-state index contributed by atoms with van der Waals surface area (Å²) in [6.07, 6.45) is 5.07. The standard InChI is InChI=1S/C14H23N5/c1-5-11(2)19-7-6-14(17-19)10-15-8-13-9-16-18(4)12(13)3/h6-7,9,11,15H,5,8,10H2,1-4H3. The molecule has 0 amide bonds. The minimum Gasteiger partial charge on any atom is -0.307 e. The quantitative estimate of drug-likeness (QED) is 0.867. The monoisotopic (exact) mass is 261 g/mol. The normalized spacial score (nSPS) is 12.8. The van der Waals surface area contributed by atoms with Gasteiger partial charge in [0.25, 0.3) is 0 Å². The minimum absolute atomic E-state index is 0.467. The van der Waals surface area contributed by atoms with E-state index in [1.807, 2.05) is 22.6 Å². The molecule has 2 heterocycles. The lowest BCUT2D eigenvalue weighted by Crippen LogP contribution is -2.14. The zero-order chi connectivity index (χ0) is 13.8. The van der Waals surface area contributed by atoms with Crippen LogP contribution in [0.5, 0.6) is 0 Å². The molecule has 0 aromatic carbocycles. The van der Waals surface area contributed by atoms with Gasteiger partial charge in [0.05, 0.1) is 11.9 Å². The Balaban J connectivity index is 1.86. The second-order valence-corrected chi connectivity index (χ2v) is 5.03. The van der Waals surface area contributed by atoms with E-state index in [0.29, 0.717) is 6.04 Å². The first-order valence-corrected chi connectivity index (χ1v) is 6.84. The maximum Gasteiger partial charge on any atom is 0.0762 e. The van der Waals surface area contributed by atoms with Crippen LogP contribution in [0, 0.1) is 6.92 Å². The molecule has 0 radical (unpaired) electrons. The Morgan fingerprint density at radius 1 is 1.37 bits per heavy atom. The highest BCUT2D eigenvalue weighted by Gasteiger charge is 2.06. The lowest BCUT2D eigenvalue weighted by molar-refractivity contribution is 0.471. The third-order valence-corrected chi connectivity index (χ3v) is 3.66. The van der Waals surface area contributed by atoms with Crippen molar-refractivity contribution in [1.29, 1.82) is 0 Å². The number of hydrogen-bond donors (Lipinski definition) is 1. The highest BCUT2D eigenvalue weighted by molar-refractivity contribution is 5.15. The summed E-state index contributed by atoms with van der Waals surface area (Å²) in [4.78, 5) is 0. The lowest BCUT2D eigenvalue weighted by Gasteiger charge is -2.08. The van der Waals surface area contributed by atoms with Crippen LogP contribution in [0.2, 0.25) is 0 Å². The molecule has 1 unspecified atom stereocenters. The van der Waals surface area contributed by atoms with E-state index in [1.165, 1.54) is 11.3 Å². The fourth-order valence-electron chi connectivity index (χ4n) is 1.95. The Labute approximate surface area is 114 Å². The Bertz CT molecular complexity index is 526. The molecule has 2 aromatic rings. The van der Waals surface area contributed by atoms with Crippen molar-refractivity contribution in [2.24, 2.45) is 7.05 Å². The largest absolute Gasteiger partial charge is 0.307 e. The van der Waals surface area contributed by atoms with E-state index in [0.717, 1.165) is 25.2 Å². The number of aromatic nitrogens is 4. The maximum atomic E-state index is 4.57. The van der Waals surface area contributed by atoms with Gasteiger partial charge in [-0.2, -0.15) is 10.2 Å². The highest BCUT2D eigenvalue weighted by Crippen LogP contribution is 2.09. The first kappa shape index (κ1) is 13.8. The first-order valence-electron chi connectivity index (χ1n) is 6.84. The van der Waals surface area contributed by atoms with Gasteiger partial charge in [-0.1, -0.05) is 6.92 Å². The van der Waals surface area contributed by atoms with Crippen LogP contribution in [-0.2, 0) is 20.1 Å². The molecule has 0 aliphatic carbocycles. The molecule has 2 aromatic heterocycles. The Morgan fingerprint density at radius 2 is 2.16 bits per heavy atom. The fourth-order valence-corrected chi connectivity index (χ4v) is 1.95. The first-order chi connectivity index (χ1) is 9.11. The van der Waals surface area contributed by atoms with Crippen molar-refractivity contribution in [3.63, 3.8) is 0 Å². The van der Waals surface area contributed by atoms with E-state index in [9.17, 15) is 0 Å². The molecule has 0 bridgehead atoms. The van der Waals surface area contributed by atoms with Crippen LogP contribution in [0.25, 0.3) is 0 Å². The Kier molecular flexibility index (Phi) is 4.37. The average Bonchev–Trinajstić information content (AvgIpc) is 3.00. The van der Waals surface area contributed by atoms with E-state index in [4.69, 9.17) is 0 Å². The fraction of sp³-hybridized carbons (Fsp3) is 0.571. The summed E-state index contributed by atoms with van der Waals surface area (Å²) in [6, 6.07) is 2.55. The predicted octanol–water partition coefficient (Wildman–Crippen LogP) is 2.19. The second-order valence-electron chi connectivity index (χ2n) is 5.03. The van der Waals surface area contributed by atoms with Crippen molar-refractivity contribution in [3.05, 3.63) is 35.4 Å². The van der Waals surface area contributed by atoms with Gasteiger partial charge >= 0.3 is 0 Å². The molecule has 0 fully saturated rings. The van der Waals surface area contributed by atoms with Crippen molar-refractivity contribution in [1.82, 2.24) is 24.9 Å². The van der Waals surface area contributed by atoms with Gasteiger partial charge in [0.2, 0.25) is 0 Å². The van der Waals surface area contributed by atoms with Crippen LogP contribution >= 0.6 is 0 Å². The smallest absolute Gasteiger partial charge is 0.0762 e. The molecule has 0 spiro atoms. The van der Waals surface area contributed by atoms with Crippen LogP contribution < -0.4 is 5.32 Å². The van der Waals surface area contributed by atoms with Gasteiger partial charge in [0.15, 0.2) is 0 Å². The maximum absolute atomic E-state index is 4.57. The van der Waals surface area contributed by atoms with Gasteiger partial charge in [-0.05, 0) is 26.3 Å². The van der Waals surface area contributed by atoms with Crippen molar-refractivity contribution >= 4 is 0 Å². The van der Waals surface area contributed by atoms with E-state index < -0.39 is 0 Å². The summed E-state index contributed by atoms with van der Waals surface area (Å²) in [5.74, 6) is 0. The van der Waals surface area contributed by atoms with E-state index in [2.05, 4.69) is 48.5 Å². The summed E-state index contributed by atoms with van der Waals surface area (Å²) >= 11 is 0. The van der Waals surface area contributed by atoms with Crippen LogP contribution in [0.3, 0.4) is 0 Å². The summed E-state index contributed by atoms with van der Waals surface area (Å²) in [7, 11) is 1.96. The van der Waals surface area contributed by atoms with E-state index >= 15 is 0 Å². The van der Waals surface area contributed by atoms with E-state index in [1.54, 1.807) is 0 Å². The Hall–Kier alpha value is -1.62. The zero-order valence-electron chi connectivity index (χ0n) is 12.2. The molecule has 104 valence electrons. The van der Waals surface area contributed by atoms with Crippen LogP contribution in [-0.4, -0.2) is 19.6 Å². The molecule has 19 heavy (non-hydrogen) atoms. The molecule has 2 rings (SSSR count). The average molecular weight is 261 g/mol. The number of aryl methyl sites for hydroxylation is 1. The lowest BCUT2D eigenvalue weighted by atomic mass is 10.2. The number of rotatable bonds is 6. The van der Waals surface area contributed by atoms with Gasteiger partial charge in [-0.3, -0.25) is 9.36 Å². The van der Waals surface area contributed by atoms with Crippen LogP contribution in [0.15, 0.2) is 18.5 Å². The third kappa shape index (κ3) is 3.23. The van der Waals surface area contributed by atoms with Crippen LogP contribution in [0.1, 0.15) is 43.3 Å². The topological polar surface area (TPSA) is 47.7 Å². The number of nitrogens with one attached hydrogen (secondary N) is 1. The van der Waals surface area contributed by atoms with Gasteiger partial charge in [0.1, 0.15) is 0 Å². The molecule has 5 nitrogen and oxygen atoms in total. The molecule has 0 aliphatic heterocycles. The summed E-state index contributed by atoms with van der Waals surface area (Å²) in [5, 5.41) is 12.2. The molecule has 1 atom stereocenters. The van der Waals surface area contributed by atoms with Crippen LogP contribution in [0.4, 0.5) is 0 Å². The SMILES string of the molecule is CCC(C)n1ccc(CNCc2cnn(C)c2C)n1. The molecular formula is C14H23N5. The van der Waals surface area contributed by atoms with Gasteiger partial charge < -0.3 is 5.32 Å². The van der Waals surface area contributed by atoms with Gasteiger partial charge in [-0.25, -0.2) is 0 Å². The van der Waals surface area contributed by atoms with Crippen molar-refractivity contribution in [3.8, 4) is 0 Å². The summed E-state index contributed by atoms with van der Waals surface area (Å²) in [5.41, 5.74) is 3.53. The molecule has 0 saturated heterocycles. The summed E-state index contributed by atoms with van der Waals surface area (Å²) in [6.45, 7) is 8.06. The van der Waals surface area contributed by atoms with Crippen molar-refractivity contribution in [2.75, 3.05) is 0 Å². The molecule has 0 aliphatic rings. The summed E-state index contributed by atoms with van der Waals surface area (Å²) < 4.78 is 3.93. The minimum atomic E-state index is 0.467. The molecular weight excluding hydrogens is 238 g/mol. The Morgan fingerprint density at radius 3 is 2.79 bits per heavy atom. The van der Waals surface area contributed by atoms with Gasteiger partial charge in [0, 0.05) is 43.6 Å². The molecule has 5 heteroatoms. The number of nitrogens with zero attached hydrogens (tertiary/aromatic N) is 4. The second kappa shape index (κ2) is 6.02. The van der Waals surface area contributed by atoms with Crippen molar-refractivity contribution in [2.45, 2.75) is 46.3 Å². The molecule has 0 saturated carbocycles. The van der Waals surface area contributed by atoms with Crippen molar-refractivity contribution < 1.29 is 0 Å². The molecule has 1 N–H and O–H groups in total. The zero-order valence-corrected chi connectivity index (χ0v) is 12.2. The predicted molar refractivity (Wildman–Crippen MR) is 75.7 cm³/mol. The van der Waals surface area contributed by atoms with E-state index in [-0.39, 0.29) is 0 Å². The third-order valence-electron chi connectivity index (χ3n) is 3.66. The number of hydrogen-bond acceptors (Lipinski definition) is 3.